The van der Waals surface area contributed by atoms with Gasteiger partial charge >= 0.3 is 0 Å². The van der Waals surface area contributed by atoms with Crippen LogP contribution in [0.3, 0.4) is 0 Å². The van der Waals surface area contributed by atoms with E-state index in [0.717, 1.165) is 62.1 Å². The molecule has 0 bridgehead atoms. The number of ether oxygens (including phenoxy) is 1. The van der Waals surface area contributed by atoms with Crippen LogP contribution >= 0.6 is 0 Å². The molecule has 0 N–H and O–H groups in total. The van der Waals surface area contributed by atoms with E-state index in [4.69, 9.17) is 11.2 Å². The monoisotopic (exact) mass is 496 g/mol. The van der Waals surface area contributed by atoms with Crippen molar-refractivity contribution in [2.24, 2.45) is 0 Å². The van der Waals surface area contributed by atoms with Crippen LogP contribution in [0.4, 0.5) is 22.7 Å². The van der Waals surface area contributed by atoms with Crippen LogP contribution in [-0.2, 0) is 5.41 Å². The smallest absolute Gasteiger partial charge is 0.132 e. The van der Waals surface area contributed by atoms with Gasteiger partial charge in [0.1, 0.15) is 11.5 Å². The number of nitriles is 1. The van der Waals surface area contributed by atoms with Crippen LogP contribution in [0.25, 0.3) is 0 Å². The highest BCUT2D eigenvalue weighted by Crippen LogP contribution is 2.62. The molecule has 4 aromatic carbocycles. The lowest BCUT2D eigenvalue weighted by molar-refractivity contribution is 0.433. The number of hydrogen-bond acceptors (Lipinski definition) is 5. The lowest BCUT2D eigenvalue weighted by Crippen LogP contribution is -2.40. The van der Waals surface area contributed by atoms with Crippen molar-refractivity contribution in [2.45, 2.75) is 5.41 Å². The molecule has 2 aliphatic heterocycles. The molecule has 0 amide bonds. The maximum absolute atomic E-state index is 9.89. The van der Waals surface area contributed by atoms with Gasteiger partial charge in [-0.05, 0) is 71.8 Å². The standard InChI is InChI=1S/C33H28N4O/c1-7-21-8-14-31-27(16-21)33(28-17-22(20-34)9-15-32(28)38-31)25-12-10-23(35(2)3)18-29(25)37(6)30-19-24(36(4)5)11-13-26(30)33/h1,8-19H,2-6H3. The summed E-state index contributed by atoms with van der Waals surface area (Å²) >= 11 is 0. The summed E-state index contributed by atoms with van der Waals surface area (Å²) in [4.78, 5) is 6.50. The molecule has 2 aliphatic rings. The summed E-state index contributed by atoms with van der Waals surface area (Å²) in [7, 11) is 10.3. The van der Waals surface area contributed by atoms with Gasteiger partial charge < -0.3 is 19.4 Å². The van der Waals surface area contributed by atoms with Gasteiger partial charge in [-0.3, -0.25) is 0 Å². The summed E-state index contributed by atoms with van der Waals surface area (Å²) < 4.78 is 6.48. The number of hydrogen-bond donors (Lipinski definition) is 0. The first kappa shape index (κ1) is 23.5. The van der Waals surface area contributed by atoms with E-state index in [1.165, 1.54) is 0 Å². The summed E-state index contributed by atoms with van der Waals surface area (Å²) in [6.45, 7) is 0. The Morgan fingerprint density at radius 3 is 1.68 bits per heavy atom. The van der Waals surface area contributed by atoms with Crippen LogP contribution < -0.4 is 19.4 Å². The summed E-state index contributed by atoms with van der Waals surface area (Å²) in [6, 6.07) is 27.2. The Balaban J connectivity index is 1.83. The molecule has 0 aliphatic carbocycles. The highest BCUT2D eigenvalue weighted by molar-refractivity contribution is 5.88. The Bertz CT molecular complexity index is 1580. The molecule has 186 valence electrons. The molecule has 0 saturated heterocycles. The average Bonchev–Trinajstić information content (AvgIpc) is 2.94. The Labute approximate surface area is 224 Å². The van der Waals surface area contributed by atoms with E-state index in [2.05, 4.69) is 104 Å². The van der Waals surface area contributed by atoms with Crippen molar-refractivity contribution in [3.8, 4) is 29.9 Å². The molecular weight excluding hydrogens is 468 g/mol. The van der Waals surface area contributed by atoms with Crippen molar-refractivity contribution in [3.63, 3.8) is 0 Å². The maximum Gasteiger partial charge on any atom is 0.132 e. The Morgan fingerprint density at radius 2 is 1.21 bits per heavy atom. The van der Waals surface area contributed by atoms with Crippen LogP contribution in [0.1, 0.15) is 33.4 Å². The normalized spacial score (nSPS) is 13.7. The fraction of sp³-hybridized carbons (Fsp3) is 0.182. The van der Waals surface area contributed by atoms with Crippen LogP contribution in [0.15, 0.2) is 72.8 Å². The largest absolute Gasteiger partial charge is 0.457 e. The van der Waals surface area contributed by atoms with Crippen molar-refractivity contribution in [2.75, 3.05) is 49.9 Å². The number of nitrogens with zero attached hydrogens (tertiary/aromatic N) is 4. The molecule has 0 radical (unpaired) electrons. The summed E-state index contributed by atoms with van der Waals surface area (Å²) in [5.74, 6) is 4.31. The zero-order valence-corrected chi connectivity index (χ0v) is 22.2. The second-order valence-corrected chi connectivity index (χ2v) is 10.3. The first-order valence-corrected chi connectivity index (χ1v) is 12.5. The molecule has 5 heteroatoms. The second-order valence-electron chi connectivity index (χ2n) is 10.3. The average molecular weight is 497 g/mol. The van der Waals surface area contributed by atoms with E-state index >= 15 is 0 Å². The molecule has 6 rings (SSSR count). The molecule has 0 atom stereocenters. The predicted octanol–water partition coefficient (Wildman–Crippen LogP) is 6.24. The highest BCUT2D eigenvalue weighted by Gasteiger charge is 2.51. The SMILES string of the molecule is C#Cc1ccc2c(c1)C1(c3cc(C#N)ccc3O2)c2ccc(N(C)C)cc2N(C)c2cc(N(C)C)ccc21. The third-order valence-corrected chi connectivity index (χ3v) is 7.81. The third kappa shape index (κ3) is 3.12. The van der Waals surface area contributed by atoms with E-state index in [1.54, 1.807) is 0 Å². The van der Waals surface area contributed by atoms with Crippen molar-refractivity contribution in [1.82, 2.24) is 0 Å². The second kappa shape index (κ2) is 8.33. The Morgan fingerprint density at radius 1 is 0.711 bits per heavy atom. The van der Waals surface area contributed by atoms with Gasteiger partial charge in [0.15, 0.2) is 0 Å². The lowest BCUT2D eigenvalue weighted by atomic mass is 9.61. The minimum Gasteiger partial charge on any atom is -0.457 e. The first-order chi connectivity index (χ1) is 18.3. The first-order valence-electron chi connectivity index (χ1n) is 12.5. The van der Waals surface area contributed by atoms with Crippen molar-refractivity contribution >= 4 is 22.7 Å². The summed E-state index contributed by atoms with van der Waals surface area (Å²) in [5.41, 5.74) is 9.15. The van der Waals surface area contributed by atoms with E-state index in [0.29, 0.717) is 5.56 Å². The fourth-order valence-electron chi connectivity index (χ4n) is 5.89. The van der Waals surface area contributed by atoms with Gasteiger partial charge in [0.2, 0.25) is 0 Å². The molecule has 0 aromatic heterocycles. The zero-order valence-electron chi connectivity index (χ0n) is 22.2. The van der Waals surface area contributed by atoms with Gasteiger partial charge in [0, 0.05) is 74.7 Å². The van der Waals surface area contributed by atoms with Gasteiger partial charge in [0.25, 0.3) is 0 Å². The predicted molar refractivity (Wildman–Crippen MR) is 154 cm³/mol. The molecule has 2 heterocycles. The molecule has 0 unspecified atom stereocenters. The molecule has 38 heavy (non-hydrogen) atoms. The lowest BCUT2D eigenvalue weighted by Gasteiger charge is -2.48. The molecule has 0 saturated carbocycles. The van der Waals surface area contributed by atoms with Gasteiger partial charge in [-0.25, -0.2) is 0 Å². The van der Waals surface area contributed by atoms with E-state index in [-0.39, 0.29) is 0 Å². The van der Waals surface area contributed by atoms with E-state index in [1.807, 2.05) is 30.3 Å². The van der Waals surface area contributed by atoms with E-state index < -0.39 is 5.41 Å². The molecule has 5 nitrogen and oxygen atoms in total. The molecular formula is C33H28N4O. The quantitative estimate of drug-likeness (QED) is 0.271. The van der Waals surface area contributed by atoms with Gasteiger partial charge in [-0.2, -0.15) is 5.26 Å². The van der Waals surface area contributed by atoms with Gasteiger partial charge in [0.05, 0.1) is 17.0 Å². The maximum atomic E-state index is 9.89. The number of fused-ring (bicyclic) bond motifs is 8. The number of benzene rings is 4. The number of terminal acetylenes is 1. The van der Waals surface area contributed by atoms with Crippen LogP contribution in [-0.4, -0.2) is 35.2 Å². The third-order valence-electron chi connectivity index (χ3n) is 7.81. The summed E-state index contributed by atoms with van der Waals surface area (Å²) in [6.07, 6.45) is 5.91. The number of anilines is 4. The summed E-state index contributed by atoms with van der Waals surface area (Å²) in [5, 5.41) is 9.89. The minimum atomic E-state index is -0.741. The minimum absolute atomic E-state index is 0.583. The number of rotatable bonds is 2. The molecule has 0 fully saturated rings. The van der Waals surface area contributed by atoms with E-state index in [9.17, 15) is 5.26 Å². The molecule has 4 aromatic rings. The Hall–Kier alpha value is -4.87. The Kier molecular flexibility index (Phi) is 5.16. The van der Waals surface area contributed by atoms with Crippen LogP contribution in [0, 0.1) is 23.7 Å². The molecule has 1 spiro atoms. The van der Waals surface area contributed by atoms with Crippen LogP contribution in [0.5, 0.6) is 11.5 Å². The van der Waals surface area contributed by atoms with Crippen LogP contribution in [0.2, 0.25) is 0 Å². The highest BCUT2D eigenvalue weighted by atomic mass is 16.5. The van der Waals surface area contributed by atoms with Crippen molar-refractivity contribution < 1.29 is 4.74 Å². The van der Waals surface area contributed by atoms with Gasteiger partial charge in [-0.1, -0.05) is 18.1 Å². The zero-order chi connectivity index (χ0) is 26.8. The van der Waals surface area contributed by atoms with Crippen molar-refractivity contribution in [3.05, 3.63) is 106 Å². The van der Waals surface area contributed by atoms with Crippen molar-refractivity contribution in [1.29, 1.82) is 5.26 Å². The fourth-order valence-corrected chi connectivity index (χ4v) is 5.89. The topological polar surface area (TPSA) is 42.7 Å². The van der Waals surface area contributed by atoms with Gasteiger partial charge in [-0.15, -0.1) is 6.42 Å².